The third kappa shape index (κ3) is 5.29. The van der Waals surface area contributed by atoms with Crippen LogP contribution in [-0.2, 0) is 15.1 Å². The number of carbonyl (C=O) groups excluding carboxylic acids is 2. The van der Waals surface area contributed by atoms with E-state index in [0.717, 1.165) is 43.4 Å². The first-order valence-corrected chi connectivity index (χ1v) is 13.1. The molecule has 1 N–H and O–H groups in total. The topological polar surface area (TPSA) is 91.3 Å². The number of hydrogen-bond acceptors (Lipinski definition) is 5. The predicted molar refractivity (Wildman–Crippen MR) is 137 cm³/mol. The number of hydrogen-bond donors (Lipinski definition) is 1. The molecule has 3 aromatic rings. The van der Waals surface area contributed by atoms with E-state index < -0.39 is 11.6 Å². The number of benzene rings is 2. The average molecular weight is 500 g/mol. The highest BCUT2D eigenvalue weighted by Gasteiger charge is 2.48. The number of esters is 1. The summed E-state index contributed by atoms with van der Waals surface area (Å²) in [6.07, 6.45) is 4.10. The number of ether oxygens (including phenoxy) is 1. The lowest BCUT2D eigenvalue weighted by atomic mass is 9.82. The van der Waals surface area contributed by atoms with Crippen molar-refractivity contribution in [1.29, 1.82) is 0 Å². The number of carbonyl (C=O) groups is 2. The van der Waals surface area contributed by atoms with Crippen molar-refractivity contribution in [3.05, 3.63) is 102 Å². The van der Waals surface area contributed by atoms with Crippen LogP contribution < -0.4 is 10.4 Å². The molecule has 3 aliphatic rings. The molecule has 0 spiro atoms. The van der Waals surface area contributed by atoms with Crippen molar-refractivity contribution in [2.75, 3.05) is 32.7 Å². The van der Waals surface area contributed by atoms with E-state index >= 15 is 0 Å². The Bertz CT molecular complexity index is 1160. The molecule has 7 nitrogen and oxygen atoms in total. The minimum Gasteiger partial charge on any atom is -0.834 e. The number of rotatable bonds is 9. The van der Waals surface area contributed by atoms with Crippen molar-refractivity contribution < 1.29 is 23.9 Å². The van der Waals surface area contributed by atoms with Gasteiger partial charge in [-0.15, -0.1) is 0 Å². The molecule has 6 rings (SSSR count). The molecule has 1 aromatic heterocycles. The van der Waals surface area contributed by atoms with Gasteiger partial charge in [0.2, 0.25) is 0 Å². The van der Waals surface area contributed by atoms with Crippen LogP contribution in [0.5, 0.6) is 0 Å². The molecular formula is C30H33N3O4. The van der Waals surface area contributed by atoms with Gasteiger partial charge in [-0.3, -0.25) is 14.6 Å². The molecule has 0 saturated carbocycles. The summed E-state index contributed by atoms with van der Waals surface area (Å²) in [4.78, 5) is 30.0. The van der Waals surface area contributed by atoms with E-state index in [1.807, 2.05) is 12.1 Å². The van der Waals surface area contributed by atoms with Crippen LogP contribution in [0.4, 0.5) is 0 Å². The Morgan fingerprint density at radius 1 is 0.946 bits per heavy atom. The first-order valence-electron chi connectivity index (χ1n) is 13.1. The molecule has 1 atom stereocenters. The summed E-state index contributed by atoms with van der Waals surface area (Å²) in [6.45, 7) is 4.24. The lowest BCUT2D eigenvalue weighted by molar-refractivity contribution is -0.946. The summed E-state index contributed by atoms with van der Waals surface area (Å²) in [5.41, 5.74) is -0.923. The molecule has 2 aromatic carbocycles. The van der Waals surface area contributed by atoms with Gasteiger partial charge in [0.25, 0.3) is 5.91 Å². The van der Waals surface area contributed by atoms with E-state index in [0.29, 0.717) is 29.9 Å². The summed E-state index contributed by atoms with van der Waals surface area (Å²) in [5, 5.41) is 17.2. The van der Waals surface area contributed by atoms with E-state index in [2.05, 4.69) is 10.3 Å². The van der Waals surface area contributed by atoms with Gasteiger partial charge in [0.15, 0.2) is 6.10 Å². The minimum absolute atomic E-state index is 0.168. The van der Waals surface area contributed by atoms with E-state index in [-0.39, 0.29) is 17.9 Å². The molecule has 37 heavy (non-hydrogen) atoms. The van der Waals surface area contributed by atoms with Crippen LogP contribution in [-0.4, -0.2) is 60.2 Å². The Balaban J connectivity index is 1.24. The van der Waals surface area contributed by atoms with E-state index in [4.69, 9.17) is 4.74 Å². The second-order valence-corrected chi connectivity index (χ2v) is 10.2. The van der Waals surface area contributed by atoms with E-state index in [1.54, 1.807) is 72.9 Å². The van der Waals surface area contributed by atoms with E-state index in [1.165, 1.54) is 0 Å². The fraction of sp³-hybridized carbons (Fsp3) is 0.367. The van der Waals surface area contributed by atoms with Gasteiger partial charge in [-0.05, 0) is 23.3 Å². The zero-order valence-corrected chi connectivity index (χ0v) is 20.9. The molecule has 3 aliphatic heterocycles. The number of nitrogens with zero attached hydrogens (tertiary/aromatic N) is 2. The molecule has 3 saturated heterocycles. The van der Waals surface area contributed by atoms with Crippen molar-refractivity contribution in [2.24, 2.45) is 5.92 Å². The van der Waals surface area contributed by atoms with Crippen LogP contribution in [0.2, 0.25) is 0 Å². The lowest BCUT2D eigenvalue weighted by Crippen LogP contribution is -2.65. The van der Waals surface area contributed by atoms with Crippen LogP contribution >= 0.6 is 0 Å². The molecule has 1 unspecified atom stereocenters. The SMILES string of the molecule is O=C(NCCC[N+]12CCC(CC1)C(OC(=O)C([O-])(c1ccccc1)c1ccccc1)C2)c1ccccn1. The zero-order valence-electron chi connectivity index (χ0n) is 20.9. The third-order valence-corrected chi connectivity index (χ3v) is 7.94. The van der Waals surface area contributed by atoms with Gasteiger partial charge in [0, 0.05) is 43.5 Å². The van der Waals surface area contributed by atoms with Crippen molar-refractivity contribution in [2.45, 2.75) is 31.0 Å². The Morgan fingerprint density at radius 3 is 2.16 bits per heavy atom. The summed E-state index contributed by atoms with van der Waals surface area (Å²) in [6, 6.07) is 22.9. The summed E-state index contributed by atoms with van der Waals surface area (Å²) < 4.78 is 6.94. The fourth-order valence-corrected chi connectivity index (χ4v) is 5.84. The van der Waals surface area contributed by atoms with Gasteiger partial charge >= 0.3 is 5.97 Å². The van der Waals surface area contributed by atoms with E-state index in [9.17, 15) is 14.7 Å². The highest BCUT2D eigenvalue weighted by Crippen LogP contribution is 2.37. The minimum atomic E-state index is -2.12. The highest BCUT2D eigenvalue weighted by molar-refractivity contribution is 5.92. The van der Waals surface area contributed by atoms with Crippen molar-refractivity contribution in [1.82, 2.24) is 10.3 Å². The Labute approximate surface area is 217 Å². The largest absolute Gasteiger partial charge is 0.834 e. The second-order valence-electron chi connectivity index (χ2n) is 10.2. The maximum absolute atomic E-state index is 14.2. The number of piperidine rings is 3. The first-order chi connectivity index (χ1) is 18.0. The summed E-state index contributed by atoms with van der Waals surface area (Å²) in [7, 11) is 0. The first kappa shape index (κ1) is 25.1. The monoisotopic (exact) mass is 499 g/mol. The summed E-state index contributed by atoms with van der Waals surface area (Å²) >= 11 is 0. The number of fused-ring (bicyclic) bond motifs is 3. The Kier molecular flexibility index (Phi) is 7.35. The van der Waals surface area contributed by atoms with Crippen LogP contribution in [0, 0.1) is 5.92 Å². The average Bonchev–Trinajstić information content (AvgIpc) is 2.96. The maximum atomic E-state index is 14.2. The van der Waals surface area contributed by atoms with Gasteiger partial charge in [0.1, 0.15) is 12.2 Å². The van der Waals surface area contributed by atoms with Crippen molar-refractivity contribution >= 4 is 11.9 Å². The molecule has 7 heteroatoms. The van der Waals surface area contributed by atoms with Gasteiger partial charge in [-0.1, -0.05) is 66.7 Å². The van der Waals surface area contributed by atoms with Gasteiger partial charge in [0.05, 0.1) is 19.6 Å². The zero-order chi connectivity index (χ0) is 25.7. The number of aromatic nitrogens is 1. The number of pyridine rings is 1. The quantitative estimate of drug-likeness (QED) is 0.278. The highest BCUT2D eigenvalue weighted by atomic mass is 16.6. The number of amides is 1. The molecular weight excluding hydrogens is 466 g/mol. The molecule has 0 aliphatic carbocycles. The van der Waals surface area contributed by atoms with Crippen LogP contribution in [0.3, 0.4) is 0 Å². The van der Waals surface area contributed by atoms with Crippen molar-refractivity contribution in [3.8, 4) is 0 Å². The molecule has 4 heterocycles. The van der Waals surface area contributed by atoms with Gasteiger partial charge in [-0.2, -0.15) is 0 Å². The molecule has 192 valence electrons. The number of quaternary nitrogens is 1. The van der Waals surface area contributed by atoms with Gasteiger partial charge < -0.3 is 19.6 Å². The third-order valence-electron chi connectivity index (χ3n) is 7.94. The standard InChI is InChI=1S/C30H33N3O4/c34-28(26-14-7-8-17-31-26)32-18-9-19-33-20-15-23(16-21-33)27(22-33)37-29(35)30(36,24-10-3-1-4-11-24)25-12-5-2-6-13-25/h1-8,10-14,17,23,27H,9,15-16,18-22H2,(H,32,34). The second kappa shape index (κ2) is 10.8. The van der Waals surface area contributed by atoms with Crippen LogP contribution in [0.1, 0.15) is 40.9 Å². The van der Waals surface area contributed by atoms with Crippen molar-refractivity contribution in [3.63, 3.8) is 0 Å². The predicted octanol–water partition coefficient (Wildman–Crippen LogP) is 2.66. The summed E-state index contributed by atoms with van der Waals surface area (Å²) in [5.74, 6) is -0.619. The smallest absolute Gasteiger partial charge is 0.304 e. The molecule has 1 amide bonds. The fourth-order valence-electron chi connectivity index (χ4n) is 5.84. The Morgan fingerprint density at radius 2 is 1.57 bits per heavy atom. The number of nitrogens with one attached hydrogen (secondary N) is 1. The normalized spacial score (nSPS) is 22.8. The Hall–Kier alpha value is -3.55. The van der Waals surface area contributed by atoms with Crippen LogP contribution in [0.15, 0.2) is 85.1 Å². The lowest BCUT2D eigenvalue weighted by Gasteiger charge is -2.53. The molecule has 3 fully saturated rings. The molecule has 0 radical (unpaired) electrons. The van der Waals surface area contributed by atoms with Gasteiger partial charge in [-0.25, -0.2) is 0 Å². The maximum Gasteiger partial charge on any atom is 0.304 e. The van der Waals surface area contributed by atoms with Crippen LogP contribution in [0.25, 0.3) is 0 Å². The molecule has 2 bridgehead atoms.